The molecule has 0 radical (unpaired) electrons. The zero-order valence-corrected chi connectivity index (χ0v) is 16.6. The van der Waals surface area contributed by atoms with Gasteiger partial charge in [0.1, 0.15) is 0 Å². The van der Waals surface area contributed by atoms with Crippen molar-refractivity contribution in [1.29, 1.82) is 0 Å². The molecule has 5 nitrogen and oxygen atoms in total. The summed E-state index contributed by atoms with van der Waals surface area (Å²) in [6.07, 6.45) is 3.55. The van der Waals surface area contributed by atoms with Crippen LogP contribution in [0.1, 0.15) is 27.4 Å². The minimum Gasteiger partial charge on any atom is -0.361 e. The average Bonchev–Trinajstić information content (AvgIpc) is 3.15. The lowest BCUT2D eigenvalue weighted by atomic mass is 9.90. The zero-order chi connectivity index (χ0) is 20.4. The van der Waals surface area contributed by atoms with Crippen LogP contribution >= 0.6 is 11.6 Å². The fourth-order valence-electron chi connectivity index (χ4n) is 3.51. The number of nitrogens with zero attached hydrogens (tertiary/aromatic N) is 1. The summed E-state index contributed by atoms with van der Waals surface area (Å²) >= 11 is 6.49. The number of carbonyl (C=O) groups is 1. The highest BCUT2D eigenvalue weighted by Gasteiger charge is 2.21. The minimum absolute atomic E-state index is 0.143. The fraction of sp³-hybridized carbons (Fsp3) is 0.130. The molecule has 2 heterocycles. The van der Waals surface area contributed by atoms with Crippen LogP contribution in [0.4, 0.5) is 0 Å². The summed E-state index contributed by atoms with van der Waals surface area (Å²) < 4.78 is 1.43. The monoisotopic (exact) mass is 405 g/mol. The van der Waals surface area contributed by atoms with Crippen LogP contribution in [0.5, 0.6) is 0 Å². The number of aromatic nitrogens is 2. The summed E-state index contributed by atoms with van der Waals surface area (Å²) in [5, 5.41) is 4.69. The van der Waals surface area contributed by atoms with Gasteiger partial charge in [0.2, 0.25) is 0 Å². The van der Waals surface area contributed by atoms with Crippen molar-refractivity contribution in [2.45, 2.75) is 5.92 Å². The molecule has 0 aliphatic carbocycles. The molecule has 1 amide bonds. The number of halogens is 1. The van der Waals surface area contributed by atoms with E-state index in [9.17, 15) is 9.59 Å². The minimum atomic E-state index is -0.292. The predicted octanol–water partition coefficient (Wildman–Crippen LogP) is 4.08. The van der Waals surface area contributed by atoms with Crippen molar-refractivity contribution in [3.63, 3.8) is 0 Å². The number of pyridine rings is 1. The molecule has 29 heavy (non-hydrogen) atoms. The molecule has 1 atom stereocenters. The van der Waals surface area contributed by atoms with Gasteiger partial charge in [-0.15, -0.1) is 0 Å². The lowest BCUT2D eigenvalue weighted by Gasteiger charge is -2.19. The van der Waals surface area contributed by atoms with Gasteiger partial charge in [0, 0.05) is 59.5 Å². The summed E-state index contributed by atoms with van der Waals surface area (Å²) in [6, 6.07) is 18.6. The van der Waals surface area contributed by atoms with Gasteiger partial charge >= 0.3 is 0 Å². The summed E-state index contributed by atoms with van der Waals surface area (Å²) in [5.74, 6) is -0.435. The first-order chi connectivity index (χ1) is 14.0. The Morgan fingerprint density at radius 3 is 2.66 bits per heavy atom. The molecule has 146 valence electrons. The first-order valence-corrected chi connectivity index (χ1v) is 9.67. The molecule has 0 spiro atoms. The Bertz CT molecular complexity index is 1240. The Kier molecular flexibility index (Phi) is 5.23. The molecule has 6 heteroatoms. The topological polar surface area (TPSA) is 66.9 Å². The second-order valence-corrected chi connectivity index (χ2v) is 7.35. The van der Waals surface area contributed by atoms with Crippen LogP contribution in [0.25, 0.3) is 10.9 Å². The molecular formula is C23H20ClN3O2. The van der Waals surface area contributed by atoms with E-state index in [2.05, 4.69) is 10.3 Å². The Hall–Kier alpha value is -3.31. The Balaban J connectivity index is 1.68. The van der Waals surface area contributed by atoms with E-state index < -0.39 is 0 Å². The number of hydrogen-bond donors (Lipinski definition) is 2. The van der Waals surface area contributed by atoms with E-state index in [4.69, 9.17) is 11.6 Å². The van der Waals surface area contributed by atoms with Crippen molar-refractivity contribution in [3.8, 4) is 0 Å². The molecular weight excluding hydrogens is 386 g/mol. The number of fused-ring (bicyclic) bond motifs is 1. The number of para-hydroxylation sites is 1. The van der Waals surface area contributed by atoms with E-state index in [0.29, 0.717) is 17.1 Å². The van der Waals surface area contributed by atoms with Gasteiger partial charge in [-0.25, -0.2) is 0 Å². The predicted molar refractivity (Wildman–Crippen MR) is 116 cm³/mol. The van der Waals surface area contributed by atoms with Gasteiger partial charge in [0.05, 0.1) is 0 Å². The number of aromatic amines is 1. The number of hydrogen-bond acceptors (Lipinski definition) is 2. The van der Waals surface area contributed by atoms with Crippen molar-refractivity contribution >= 4 is 28.4 Å². The van der Waals surface area contributed by atoms with Crippen LogP contribution < -0.4 is 10.9 Å². The van der Waals surface area contributed by atoms with Crippen molar-refractivity contribution in [2.24, 2.45) is 7.05 Å². The number of aryl methyl sites for hydroxylation is 1. The summed E-state index contributed by atoms with van der Waals surface area (Å²) in [4.78, 5) is 27.8. The lowest BCUT2D eigenvalue weighted by molar-refractivity contribution is 0.0952. The highest BCUT2D eigenvalue weighted by atomic mass is 35.5. The maximum absolute atomic E-state index is 12.7. The third kappa shape index (κ3) is 3.82. The smallest absolute Gasteiger partial charge is 0.251 e. The van der Waals surface area contributed by atoms with Gasteiger partial charge in [-0.1, -0.05) is 48.0 Å². The number of H-pyrrole nitrogens is 1. The molecule has 0 unspecified atom stereocenters. The zero-order valence-electron chi connectivity index (χ0n) is 15.9. The molecule has 2 aromatic carbocycles. The molecule has 0 aliphatic rings. The highest BCUT2D eigenvalue weighted by Crippen LogP contribution is 2.34. The SMILES string of the molecule is Cn1ccc(C(=O)NC[C@@H](c2ccccc2Cl)c2c[nH]c3ccccc23)cc1=O. The average molecular weight is 406 g/mol. The Morgan fingerprint density at radius 1 is 1.10 bits per heavy atom. The molecule has 0 fully saturated rings. The summed E-state index contributed by atoms with van der Waals surface area (Å²) in [5.41, 5.74) is 3.13. The first kappa shape index (κ1) is 19.0. The third-order valence-electron chi connectivity index (χ3n) is 5.11. The van der Waals surface area contributed by atoms with E-state index in [1.54, 1.807) is 19.3 Å². The van der Waals surface area contributed by atoms with Crippen LogP contribution in [0, 0.1) is 0 Å². The normalized spacial score (nSPS) is 12.1. The number of rotatable bonds is 5. The van der Waals surface area contributed by atoms with Gasteiger partial charge in [0.15, 0.2) is 0 Å². The van der Waals surface area contributed by atoms with Crippen molar-refractivity contribution < 1.29 is 4.79 Å². The van der Waals surface area contributed by atoms with E-state index in [-0.39, 0.29) is 17.4 Å². The molecule has 4 rings (SSSR count). The fourth-order valence-corrected chi connectivity index (χ4v) is 3.78. The first-order valence-electron chi connectivity index (χ1n) is 9.30. The Labute approximate surface area is 173 Å². The van der Waals surface area contributed by atoms with E-state index in [0.717, 1.165) is 22.0 Å². The number of nitrogens with one attached hydrogen (secondary N) is 2. The largest absolute Gasteiger partial charge is 0.361 e. The third-order valence-corrected chi connectivity index (χ3v) is 5.45. The second-order valence-electron chi connectivity index (χ2n) is 6.94. The highest BCUT2D eigenvalue weighted by molar-refractivity contribution is 6.31. The van der Waals surface area contributed by atoms with Crippen LogP contribution in [0.15, 0.2) is 77.9 Å². The van der Waals surface area contributed by atoms with Crippen LogP contribution in [-0.2, 0) is 7.05 Å². The van der Waals surface area contributed by atoms with Crippen LogP contribution in [0.3, 0.4) is 0 Å². The number of carbonyl (C=O) groups excluding carboxylic acids is 1. The van der Waals surface area contributed by atoms with Gasteiger partial charge < -0.3 is 14.9 Å². The maximum Gasteiger partial charge on any atom is 0.251 e. The molecule has 4 aromatic rings. The van der Waals surface area contributed by atoms with Crippen molar-refractivity contribution in [2.75, 3.05) is 6.54 Å². The second kappa shape index (κ2) is 7.97. The maximum atomic E-state index is 12.7. The van der Waals surface area contributed by atoms with Crippen molar-refractivity contribution in [3.05, 3.63) is 105 Å². The van der Waals surface area contributed by atoms with Crippen LogP contribution in [-0.4, -0.2) is 22.0 Å². The van der Waals surface area contributed by atoms with E-state index in [1.165, 1.54) is 10.6 Å². The summed E-state index contributed by atoms with van der Waals surface area (Å²) in [7, 11) is 1.65. The van der Waals surface area contributed by atoms with Crippen molar-refractivity contribution in [1.82, 2.24) is 14.9 Å². The van der Waals surface area contributed by atoms with Gasteiger partial charge in [-0.2, -0.15) is 0 Å². The quantitative estimate of drug-likeness (QED) is 0.525. The molecule has 0 saturated heterocycles. The molecule has 2 aromatic heterocycles. The standard InChI is InChI=1S/C23H20ClN3O2/c1-27-11-10-15(12-22(27)28)23(29)26-14-18(16-6-2-4-8-20(16)24)19-13-25-21-9-5-3-7-17(19)21/h2-13,18,25H,14H2,1H3,(H,26,29)/t18-/m0/s1. The molecule has 2 N–H and O–H groups in total. The number of amides is 1. The van der Waals surface area contributed by atoms with E-state index in [1.807, 2.05) is 54.7 Å². The lowest BCUT2D eigenvalue weighted by Crippen LogP contribution is -2.30. The number of benzene rings is 2. The van der Waals surface area contributed by atoms with Gasteiger partial charge in [0.25, 0.3) is 11.5 Å². The van der Waals surface area contributed by atoms with Gasteiger partial charge in [-0.3, -0.25) is 9.59 Å². The molecule has 0 aliphatic heterocycles. The van der Waals surface area contributed by atoms with Gasteiger partial charge in [-0.05, 0) is 29.3 Å². The Morgan fingerprint density at radius 2 is 1.86 bits per heavy atom. The molecule has 0 saturated carbocycles. The molecule has 0 bridgehead atoms. The summed E-state index contributed by atoms with van der Waals surface area (Å²) in [6.45, 7) is 0.347. The van der Waals surface area contributed by atoms with Crippen LogP contribution in [0.2, 0.25) is 5.02 Å². The van der Waals surface area contributed by atoms with E-state index >= 15 is 0 Å².